The molecule has 0 spiro atoms. The molecule has 7 nitrogen and oxygen atoms in total. The Morgan fingerprint density at radius 2 is 1.67 bits per heavy atom. The van der Waals surface area contributed by atoms with Gasteiger partial charge in [0.05, 0.1) is 31.4 Å². The Hall–Kier alpha value is -3.24. The molecule has 2 heterocycles. The van der Waals surface area contributed by atoms with Gasteiger partial charge in [0.15, 0.2) is 0 Å². The van der Waals surface area contributed by atoms with Crippen LogP contribution in [0.4, 0.5) is 10.1 Å². The number of amides is 1. The first-order valence-corrected chi connectivity index (χ1v) is 11.1. The zero-order valence-electron chi connectivity index (χ0n) is 15.9. The zero-order chi connectivity index (χ0) is 21.6. The number of hydrogen-bond donors (Lipinski definition) is 1. The zero-order valence-corrected chi connectivity index (χ0v) is 17.6. The summed E-state index contributed by atoms with van der Waals surface area (Å²) in [4.78, 5) is 25.0. The fourth-order valence-corrected chi connectivity index (χ4v) is 5.21. The largest absolute Gasteiger partial charge is 0.328 e. The average Bonchev–Trinajstić information content (AvgIpc) is 3.33. The van der Waals surface area contributed by atoms with Crippen LogP contribution in [0.5, 0.6) is 0 Å². The predicted octanol–water partition coefficient (Wildman–Crippen LogP) is 3.16. The summed E-state index contributed by atoms with van der Waals surface area (Å²) in [6, 6.07) is 10.5. The maximum Gasteiger partial charge on any atom is 0.328 e. The molecule has 0 bridgehead atoms. The van der Waals surface area contributed by atoms with Crippen molar-refractivity contribution in [2.24, 2.45) is 14.1 Å². The van der Waals surface area contributed by atoms with Crippen molar-refractivity contribution in [2.75, 3.05) is 5.32 Å². The van der Waals surface area contributed by atoms with Crippen molar-refractivity contribution in [1.29, 1.82) is 0 Å². The quantitative estimate of drug-likeness (QED) is 0.489. The summed E-state index contributed by atoms with van der Waals surface area (Å²) in [5.74, 6) is -1.04. The van der Waals surface area contributed by atoms with E-state index in [-0.39, 0.29) is 21.2 Å². The Labute approximate surface area is 174 Å². The summed E-state index contributed by atoms with van der Waals surface area (Å²) in [6.45, 7) is 0. The maximum atomic E-state index is 13.3. The number of thiophene rings is 1. The molecule has 1 amide bonds. The Kier molecular flexibility index (Phi) is 4.83. The topological polar surface area (TPSA) is 90.2 Å². The highest BCUT2D eigenvalue weighted by atomic mass is 32.2. The molecule has 0 saturated carbocycles. The number of carbonyl (C=O) groups is 1. The van der Waals surface area contributed by atoms with E-state index in [0.717, 1.165) is 24.3 Å². The van der Waals surface area contributed by atoms with Gasteiger partial charge in [-0.1, -0.05) is 6.07 Å². The van der Waals surface area contributed by atoms with Crippen molar-refractivity contribution in [2.45, 2.75) is 9.79 Å². The molecule has 0 atom stereocenters. The van der Waals surface area contributed by atoms with Crippen LogP contribution in [0.2, 0.25) is 0 Å². The normalized spacial score (nSPS) is 11.7. The monoisotopic (exact) mass is 445 g/mol. The minimum absolute atomic E-state index is 0.0337. The van der Waals surface area contributed by atoms with Crippen LogP contribution in [0.3, 0.4) is 0 Å². The summed E-state index contributed by atoms with van der Waals surface area (Å²) < 4.78 is 42.6. The van der Waals surface area contributed by atoms with Crippen LogP contribution in [0.25, 0.3) is 11.0 Å². The molecule has 4 aromatic rings. The molecule has 1 N–H and O–H groups in total. The van der Waals surface area contributed by atoms with Crippen molar-refractivity contribution in [3.05, 3.63) is 75.1 Å². The number of carbonyl (C=O) groups excluding carboxylic acids is 1. The van der Waals surface area contributed by atoms with E-state index in [1.807, 2.05) is 0 Å². The first kappa shape index (κ1) is 20.0. The SMILES string of the molecule is Cn1c(=O)n(C)c2cc(S(=O)(=O)c3ccc(F)cc3)c(NC(=O)c3cccs3)cc21. The molecule has 2 aromatic carbocycles. The number of nitrogens with zero attached hydrogens (tertiary/aromatic N) is 2. The second-order valence-electron chi connectivity index (χ2n) is 6.63. The van der Waals surface area contributed by atoms with Crippen LogP contribution in [-0.2, 0) is 23.9 Å². The number of sulfone groups is 1. The molecule has 0 radical (unpaired) electrons. The third kappa shape index (κ3) is 3.23. The summed E-state index contributed by atoms with van der Waals surface area (Å²) in [5, 5.41) is 4.37. The van der Waals surface area contributed by atoms with Gasteiger partial charge in [-0.25, -0.2) is 17.6 Å². The highest BCUT2D eigenvalue weighted by molar-refractivity contribution is 7.91. The van der Waals surface area contributed by atoms with Gasteiger partial charge in [0.2, 0.25) is 9.84 Å². The molecule has 154 valence electrons. The molecule has 4 rings (SSSR count). The average molecular weight is 445 g/mol. The fraction of sp³-hybridized carbons (Fsp3) is 0.100. The number of fused-ring (bicyclic) bond motifs is 1. The van der Waals surface area contributed by atoms with E-state index < -0.39 is 21.6 Å². The predicted molar refractivity (Wildman–Crippen MR) is 112 cm³/mol. The third-order valence-electron chi connectivity index (χ3n) is 4.78. The van der Waals surface area contributed by atoms with Crippen molar-refractivity contribution >= 4 is 43.8 Å². The van der Waals surface area contributed by atoms with E-state index in [2.05, 4.69) is 5.32 Å². The minimum atomic E-state index is -4.12. The first-order valence-electron chi connectivity index (χ1n) is 8.75. The fourth-order valence-electron chi connectivity index (χ4n) is 3.18. The number of hydrogen-bond acceptors (Lipinski definition) is 5. The van der Waals surface area contributed by atoms with Gasteiger partial charge in [0.1, 0.15) is 5.82 Å². The lowest BCUT2D eigenvalue weighted by molar-refractivity contribution is 0.103. The lowest BCUT2D eigenvalue weighted by Gasteiger charge is -2.13. The van der Waals surface area contributed by atoms with Crippen LogP contribution < -0.4 is 11.0 Å². The van der Waals surface area contributed by atoms with Gasteiger partial charge in [-0.2, -0.15) is 0 Å². The molecule has 10 heteroatoms. The number of halogens is 1. The number of anilines is 1. The molecule has 30 heavy (non-hydrogen) atoms. The van der Waals surface area contributed by atoms with Gasteiger partial charge in [0.25, 0.3) is 5.91 Å². The molecular formula is C20H16FN3O4S2. The number of rotatable bonds is 4. The highest BCUT2D eigenvalue weighted by Gasteiger charge is 2.25. The number of aryl methyl sites for hydroxylation is 2. The second-order valence-corrected chi connectivity index (χ2v) is 9.49. The molecule has 0 aliphatic heterocycles. The van der Waals surface area contributed by atoms with Crippen molar-refractivity contribution in [3.63, 3.8) is 0 Å². The number of aromatic nitrogens is 2. The molecular weight excluding hydrogens is 429 g/mol. The van der Waals surface area contributed by atoms with Crippen molar-refractivity contribution in [1.82, 2.24) is 9.13 Å². The summed E-state index contributed by atoms with van der Waals surface area (Å²) in [5.41, 5.74) is 0.544. The molecule has 0 fully saturated rings. The van der Waals surface area contributed by atoms with Crippen LogP contribution in [0.15, 0.2) is 68.5 Å². The number of benzene rings is 2. The van der Waals surface area contributed by atoms with Crippen molar-refractivity contribution in [3.8, 4) is 0 Å². The van der Waals surface area contributed by atoms with Crippen LogP contribution in [0, 0.1) is 5.82 Å². The van der Waals surface area contributed by atoms with Gasteiger partial charge < -0.3 is 5.32 Å². The lowest BCUT2D eigenvalue weighted by atomic mass is 10.2. The van der Waals surface area contributed by atoms with Gasteiger partial charge in [-0.05, 0) is 47.8 Å². The Morgan fingerprint density at radius 1 is 1.03 bits per heavy atom. The Morgan fingerprint density at radius 3 is 2.27 bits per heavy atom. The van der Waals surface area contributed by atoms with E-state index in [0.29, 0.717) is 15.9 Å². The smallest absolute Gasteiger partial charge is 0.320 e. The molecule has 0 unspecified atom stereocenters. The molecule has 0 aliphatic rings. The number of imidazole rings is 1. The van der Waals surface area contributed by atoms with Gasteiger partial charge in [0, 0.05) is 14.1 Å². The highest BCUT2D eigenvalue weighted by Crippen LogP contribution is 2.32. The molecule has 0 saturated heterocycles. The third-order valence-corrected chi connectivity index (χ3v) is 7.46. The Bertz CT molecular complexity index is 1430. The van der Waals surface area contributed by atoms with Gasteiger partial charge in [-0.15, -0.1) is 11.3 Å². The van der Waals surface area contributed by atoms with Crippen molar-refractivity contribution < 1.29 is 17.6 Å². The molecule has 0 aliphatic carbocycles. The van der Waals surface area contributed by atoms with Gasteiger partial charge >= 0.3 is 5.69 Å². The van der Waals surface area contributed by atoms with Crippen LogP contribution in [-0.4, -0.2) is 23.5 Å². The van der Waals surface area contributed by atoms with Crippen LogP contribution in [0.1, 0.15) is 9.67 Å². The maximum absolute atomic E-state index is 13.3. The standard InChI is InChI=1S/C20H16FN3O4S2/c1-23-15-10-14(22-19(25)17-4-3-9-29-17)18(11-16(15)24(2)20(23)26)30(27,28)13-7-5-12(21)6-8-13/h3-11H,1-2H3,(H,22,25). The summed E-state index contributed by atoms with van der Waals surface area (Å²) >= 11 is 1.21. The lowest BCUT2D eigenvalue weighted by Crippen LogP contribution is -2.19. The first-order chi connectivity index (χ1) is 14.2. The summed E-state index contributed by atoms with van der Waals surface area (Å²) in [6.07, 6.45) is 0. The van der Waals surface area contributed by atoms with E-state index in [4.69, 9.17) is 0 Å². The second kappa shape index (κ2) is 7.22. The van der Waals surface area contributed by atoms with E-state index in [1.165, 1.54) is 39.7 Å². The Balaban J connectivity index is 1.96. The van der Waals surface area contributed by atoms with E-state index >= 15 is 0 Å². The van der Waals surface area contributed by atoms with E-state index in [1.54, 1.807) is 24.6 Å². The minimum Gasteiger partial charge on any atom is -0.320 e. The molecule has 2 aromatic heterocycles. The van der Waals surface area contributed by atoms with E-state index in [9.17, 15) is 22.4 Å². The van der Waals surface area contributed by atoms with Gasteiger partial charge in [-0.3, -0.25) is 13.9 Å². The number of nitrogens with one attached hydrogen (secondary N) is 1. The summed E-state index contributed by atoms with van der Waals surface area (Å²) in [7, 11) is -1.03. The van der Waals surface area contributed by atoms with Crippen LogP contribution >= 0.6 is 11.3 Å².